The molecule has 0 aliphatic heterocycles. The van der Waals surface area contributed by atoms with Crippen LogP contribution in [0.25, 0.3) is 0 Å². The Hall–Kier alpha value is -2.00. The lowest BCUT2D eigenvalue weighted by atomic mass is 10.0. The molecule has 0 spiro atoms. The summed E-state index contributed by atoms with van der Waals surface area (Å²) in [6, 6.07) is 20.1. The zero-order chi connectivity index (χ0) is 12.8. The molecule has 0 aromatic heterocycles. The van der Waals surface area contributed by atoms with E-state index in [9.17, 15) is 0 Å². The first-order valence-corrected chi connectivity index (χ1v) is 6.12. The minimum absolute atomic E-state index is 0.369. The van der Waals surface area contributed by atoms with Crippen LogP contribution in [0.3, 0.4) is 0 Å². The van der Waals surface area contributed by atoms with E-state index in [4.69, 9.17) is 18.0 Å². The van der Waals surface area contributed by atoms with E-state index in [2.05, 4.69) is 4.99 Å². The van der Waals surface area contributed by atoms with Gasteiger partial charge in [-0.15, -0.1) is 0 Å². The molecule has 2 nitrogen and oxygen atoms in total. The van der Waals surface area contributed by atoms with Crippen molar-refractivity contribution in [2.45, 2.75) is 0 Å². The van der Waals surface area contributed by atoms with Crippen LogP contribution in [0.5, 0.6) is 0 Å². The second-order valence-electron chi connectivity index (χ2n) is 3.86. The van der Waals surface area contributed by atoms with Crippen LogP contribution in [0.15, 0.2) is 65.7 Å². The SMILES string of the molecule is NC(=S)CN=C(c1ccccc1)c1ccccc1. The fourth-order valence-electron chi connectivity index (χ4n) is 1.70. The van der Waals surface area contributed by atoms with E-state index < -0.39 is 0 Å². The second-order valence-corrected chi connectivity index (χ2v) is 4.39. The van der Waals surface area contributed by atoms with E-state index >= 15 is 0 Å². The van der Waals surface area contributed by atoms with Crippen LogP contribution >= 0.6 is 12.2 Å². The number of hydrogen-bond acceptors (Lipinski definition) is 2. The molecule has 0 radical (unpaired) electrons. The first-order chi connectivity index (χ1) is 8.77. The van der Waals surface area contributed by atoms with Gasteiger partial charge in [0.05, 0.1) is 17.2 Å². The molecule has 0 aliphatic carbocycles. The van der Waals surface area contributed by atoms with E-state index in [-0.39, 0.29) is 0 Å². The second kappa shape index (κ2) is 6.07. The number of aliphatic imine (C=N–C) groups is 1. The Bertz CT molecular complexity index is 506. The van der Waals surface area contributed by atoms with Crippen molar-refractivity contribution >= 4 is 22.9 Å². The van der Waals surface area contributed by atoms with Crippen molar-refractivity contribution in [3.8, 4) is 0 Å². The maximum absolute atomic E-state index is 5.52. The predicted octanol–water partition coefficient (Wildman–Crippen LogP) is 2.81. The number of nitrogens with zero attached hydrogens (tertiary/aromatic N) is 1. The predicted molar refractivity (Wildman–Crippen MR) is 80.2 cm³/mol. The van der Waals surface area contributed by atoms with Crippen molar-refractivity contribution in [2.75, 3.05) is 6.54 Å². The highest BCUT2D eigenvalue weighted by molar-refractivity contribution is 7.80. The lowest BCUT2D eigenvalue weighted by Crippen LogP contribution is -2.14. The van der Waals surface area contributed by atoms with Gasteiger partial charge in [0, 0.05) is 11.1 Å². The first-order valence-electron chi connectivity index (χ1n) is 5.71. The molecular weight excluding hydrogens is 240 g/mol. The van der Waals surface area contributed by atoms with Crippen LogP contribution in [0.4, 0.5) is 0 Å². The van der Waals surface area contributed by atoms with Crippen LogP contribution in [0.1, 0.15) is 11.1 Å². The van der Waals surface area contributed by atoms with E-state index in [1.807, 2.05) is 60.7 Å². The molecule has 2 N–H and O–H groups in total. The van der Waals surface area contributed by atoms with Gasteiger partial charge in [0.25, 0.3) is 0 Å². The molecule has 0 aliphatic rings. The summed E-state index contributed by atoms with van der Waals surface area (Å²) < 4.78 is 0. The number of rotatable bonds is 4. The van der Waals surface area contributed by atoms with Crippen LogP contribution in [0.2, 0.25) is 0 Å². The molecule has 18 heavy (non-hydrogen) atoms. The van der Waals surface area contributed by atoms with Crippen molar-refractivity contribution in [2.24, 2.45) is 10.7 Å². The molecule has 0 saturated carbocycles. The van der Waals surface area contributed by atoms with Gasteiger partial charge in [-0.3, -0.25) is 4.99 Å². The Labute approximate surface area is 112 Å². The van der Waals surface area contributed by atoms with E-state index in [1.165, 1.54) is 0 Å². The lowest BCUT2D eigenvalue weighted by Gasteiger charge is -2.07. The molecule has 0 bridgehead atoms. The third-order valence-electron chi connectivity index (χ3n) is 2.49. The fourth-order valence-corrected chi connectivity index (χ4v) is 1.76. The molecular formula is C15H14N2S. The van der Waals surface area contributed by atoms with Crippen molar-refractivity contribution in [1.29, 1.82) is 0 Å². The smallest absolute Gasteiger partial charge is 0.0945 e. The van der Waals surface area contributed by atoms with Gasteiger partial charge in [-0.05, 0) is 0 Å². The highest BCUT2D eigenvalue weighted by Crippen LogP contribution is 2.10. The quantitative estimate of drug-likeness (QED) is 0.673. The third-order valence-corrected chi connectivity index (χ3v) is 2.62. The Balaban J connectivity index is 2.42. The minimum Gasteiger partial charge on any atom is -0.392 e. The van der Waals surface area contributed by atoms with Gasteiger partial charge in [0.1, 0.15) is 0 Å². The van der Waals surface area contributed by atoms with Crippen molar-refractivity contribution < 1.29 is 0 Å². The van der Waals surface area contributed by atoms with Crippen LogP contribution in [-0.4, -0.2) is 17.2 Å². The van der Waals surface area contributed by atoms with Gasteiger partial charge < -0.3 is 5.73 Å². The van der Waals surface area contributed by atoms with Gasteiger partial charge in [-0.2, -0.15) is 0 Å². The summed E-state index contributed by atoms with van der Waals surface area (Å²) in [7, 11) is 0. The molecule has 0 atom stereocenters. The van der Waals surface area contributed by atoms with E-state index in [1.54, 1.807) is 0 Å². The minimum atomic E-state index is 0.369. The summed E-state index contributed by atoms with van der Waals surface area (Å²) in [6.45, 7) is 0.369. The van der Waals surface area contributed by atoms with Gasteiger partial charge in [-0.1, -0.05) is 72.9 Å². The molecule has 2 aromatic rings. The van der Waals surface area contributed by atoms with Crippen LogP contribution in [-0.2, 0) is 0 Å². The Kier molecular flexibility index (Phi) is 4.20. The largest absolute Gasteiger partial charge is 0.392 e. The van der Waals surface area contributed by atoms with Crippen LogP contribution in [0, 0.1) is 0 Å². The maximum Gasteiger partial charge on any atom is 0.0945 e. The zero-order valence-corrected chi connectivity index (χ0v) is 10.7. The Morgan fingerprint density at radius 3 is 1.72 bits per heavy atom. The standard InChI is InChI=1S/C15H14N2S/c16-14(18)11-17-15(12-7-3-1-4-8-12)13-9-5-2-6-10-13/h1-10H,11H2,(H2,16,18). The molecule has 0 heterocycles. The van der Waals surface area contributed by atoms with Crippen molar-refractivity contribution in [3.63, 3.8) is 0 Å². The van der Waals surface area contributed by atoms with Gasteiger partial charge in [0.15, 0.2) is 0 Å². The molecule has 0 unspecified atom stereocenters. The third kappa shape index (κ3) is 3.25. The average Bonchev–Trinajstić information content (AvgIpc) is 2.41. The zero-order valence-electron chi connectivity index (χ0n) is 9.91. The number of thiocarbonyl (C=S) groups is 1. The maximum atomic E-state index is 5.52. The summed E-state index contributed by atoms with van der Waals surface area (Å²) >= 11 is 4.88. The Morgan fingerprint density at radius 2 is 1.33 bits per heavy atom. The molecule has 0 amide bonds. The van der Waals surface area contributed by atoms with Gasteiger partial charge >= 0.3 is 0 Å². The monoisotopic (exact) mass is 254 g/mol. The molecule has 90 valence electrons. The number of nitrogens with two attached hydrogens (primary N) is 1. The Morgan fingerprint density at radius 1 is 0.889 bits per heavy atom. The molecule has 2 aromatic carbocycles. The summed E-state index contributed by atoms with van der Waals surface area (Å²) in [5.41, 5.74) is 8.58. The van der Waals surface area contributed by atoms with Crippen molar-refractivity contribution in [3.05, 3.63) is 71.8 Å². The summed E-state index contributed by atoms with van der Waals surface area (Å²) in [5, 5.41) is 0. The number of benzene rings is 2. The van der Waals surface area contributed by atoms with Crippen molar-refractivity contribution in [1.82, 2.24) is 0 Å². The highest BCUT2D eigenvalue weighted by Gasteiger charge is 2.05. The topological polar surface area (TPSA) is 38.4 Å². The van der Waals surface area contributed by atoms with Crippen LogP contribution < -0.4 is 5.73 Å². The lowest BCUT2D eigenvalue weighted by molar-refractivity contribution is 1.29. The van der Waals surface area contributed by atoms with Gasteiger partial charge in [-0.25, -0.2) is 0 Å². The average molecular weight is 254 g/mol. The highest BCUT2D eigenvalue weighted by atomic mass is 32.1. The summed E-state index contributed by atoms with van der Waals surface area (Å²) in [6.07, 6.45) is 0. The summed E-state index contributed by atoms with van der Waals surface area (Å²) in [5.74, 6) is 0. The molecule has 0 saturated heterocycles. The van der Waals surface area contributed by atoms with E-state index in [0.717, 1.165) is 16.8 Å². The first kappa shape index (κ1) is 12.5. The molecule has 0 fully saturated rings. The fraction of sp³-hybridized carbons (Fsp3) is 0.0667. The van der Waals surface area contributed by atoms with E-state index in [0.29, 0.717) is 11.5 Å². The van der Waals surface area contributed by atoms with Gasteiger partial charge in [0.2, 0.25) is 0 Å². The normalized spacial score (nSPS) is 9.78. The summed E-state index contributed by atoms with van der Waals surface area (Å²) in [4.78, 5) is 4.92. The molecule has 2 rings (SSSR count). The number of hydrogen-bond donors (Lipinski definition) is 1. The molecule has 3 heteroatoms.